The molecule has 0 saturated carbocycles. The van der Waals surface area contributed by atoms with Gasteiger partial charge >= 0.3 is 0 Å². The summed E-state index contributed by atoms with van der Waals surface area (Å²) in [5, 5.41) is 6.01. The third-order valence-corrected chi connectivity index (χ3v) is 6.20. The van der Waals surface area contributed by atoms with Gasteiger partial charge in [0.1, 0.15) is 0 Å². The Bertz CT molecular complexity index is 670. The summed E-state index contributed by atoms with van der Waals surface area (Å²) >= 11 is 0. The second-order valence-corrected chi connectivity index (χ2v) is 8.40. The van der Waals surface area contributed by atoms with E-state index in [0.29, 0.717) is 6.42 Å². The van der Waals surface area contributed by atoms with Crippen LogP contribution in [0.2, 0.25) is 0 Å². The molecule has 1 heterocycles. The molecule has 2 N–H and O–H groups in total. The maximum Gasteiger partial charge on any atom is 0.239 e. The fourth-order valence-corrected chi connectivity index (χ4v) is 4.98. The zero-order valence-electron chi connectivity index (χ0n) is 12.6. The normalized spacial score (nSPS) is 22.8. The molecular formula is C16H22N2O3S. The van der Waals surface area contributed by atoms with Crippen molar-refractivity contribution in [1.82, 2.24) is 5.32 Å². The Kier molecular flexibility index (Phi) is 4.38. The number of aryl methyl sites for hydroxylation is 1. The van der Waals surface area contributed by atoms with Crippen LogP contribution in [0.4, 0.5) is 5.69 Å². The Balaban J connectivity index is 1.55. The van der Waals surface area contributed by atoms with E-state index in [2.05, 4.69) is 16.7 Å². The number of benzene rings is 1. The van der Waals surface area contributed by atoms with E-state index >= 15 is 0 Å². The molecule has 3 rings (SSSR count). The topological polar surface area (TPSA) is 75.3 Å². The van der Waals surface area contributed by atoms with Crippen LogP contribution >= 0.6 is 0 Å². The molecule has 120 valence electrons. The van der Waals surface area contributed by atoms with Crippen LogP contribution in [0.25, 0.3) is 0 Å². The Labute approximate surface area is 131 Å². The van der Waals surface area contributed by atoms with Gasteiger partial charge < -0.3 is 10.6 Å². The van der Waals surface area contributed by atoms with Crippen LogP contribution in [-0.4, -0.2) is 38.4 Å². The first kappa shape index (κ1) is 15.3. The van der Waals surface area contributed by atoms with Crippen LogP contribution < -0.4 is 10.6 Å². The lowest BCUT2D eigenvalue weighted by atomic mass is 9.90. The van der Waals surface area contributed by atoms with Gasteiger partial charge in [-0.1, -0.05) is 12.1 Å². The van der Waals surface area contributed by atoms with Crippen molar-refractivity contribution >= 4 is 21.4 Å². The van der Waals surface area contributed by atoms with Crippen molar-refractivity contribution in [1.29, 1.82) is 0 Å². The zero-order valence-corrected chi connectivity index (χ0v) is 13.4. The SMILES string of the molecule is O=C(CNc1cccc2c1CCCC2)NC1CCS(=O)(=O)C1. The molecule has 1 saturated heterocycles. The van der Waals surface area contributed by atoms with Crippen LogP contribution in [-0.2, 0) is 27.5 Å². The smallest absolute Gasteiger partial charge is 0.239 e. The number of nitrogens with one attached hydrogen (secondary N) is 2. The first-order chi connectivity index (χ1) is 10.5. The van der Waals surface area contributed by atoms with Crippen LogP contribution in [0.15, 0.2) is 18.2 Å². The minimum atomic E-state index is -2.96. The molecule has 1 aliphatic heterocycles. The fourth-order valence-electron chi connectivity index (χ4n) is 3.31. The van der Waals surface area contributed by atoms with Crippen LogP contribution in [0, 0.1) is 0 Å². The number of hydrogen-bond donors (Lipinski definition) is 2. The number of anilines is 1. The molecule has 1 atom stereocenters. The molecule has 0 radical (unpaired) electrons. The van der Waals surface area contributed by atoms with Crippen LogP contribution in [0.1, 0.15) is 30.4 Å². The molecule has 22 heavy (non-hydrogen) atoms. The predicted octanol–water partition coefficient (Wildman–Crippen LogP) is 1.28. The molecule has 1 unspecified atom stereocenters. The van der Waals surface area contributed by atoms with Gasteiger partial charge in [0.25, 0.3) is 0 Å². The molecule has 5 nitrogen and oxygen atoms in total. The third-order valence-electron chi connectivity index (χ3n) is 4.43. The molecule has 0 bridgehead atoms. The highest BCUT2D eigenvalue weighted by atomic mass is 32.2. The molecule has 1 amide bonds. The van der Waals surface area contributed by atoms with Gasteiger partial charge in [-0.25, -0.2) is 8.42 Å². The standard InChI is InChI=1S/C16H22N2O3S/c19-16(18-13-8-9-22(20,21)11-13)10-17-15-7-3-5-12-4-1-2-6-14(12)15/h3,5,7,13,17H,1-2,4,6,8-11H2,(H,18,19). The summed E-state index contributed by atoms with van der Waals surface area (Å²) in [7, 11) is -2.96. The summed E-state index contributed by atoms with van der Waals surface area (Å²) in [6.45, 7) is 0.188. The van der Waals surface area contributed by atoms with Gasteiger partial charge in [0, 0.05) is 11.7 Å². The Morgan fingerprint density at radius 1 is 1.23 bits per heavy atom. The number of fused-ring (bicyclic) bond motifs is 1. The highest BCUT2D eigenvalue weighted by Gasteiger charge is 2.28. The molecule has 1 aliphatic carbocycles. The first-order valence-electron chi connectivity index (χ1n) is 7.88. The minimum absolute atomic E-state index is 0.0689. The minimum Gasteiger partial charge on any atom is -0.376 e. The number of sulfone groups is 1. The third kappa shape index (κ3) is 3.61. The molecule has 0 spiro atoms. The summed E-state index contributed by atoms with van der Waals surface area (Å²) in [5.74, 6) is 0.104. The number of rotatable bonds is 4. The van der Waals surface area contributed by atoms with Crippen molar-refractivity contribution in [3.63, 3.8) is 0 Å². The number of carbonyl (C=O) groups excluding carboxylic acids is 1. The van der Waals surface area contributed by atoms with E-state index < -0.39 is 9.84 Å². The Hall–Kier alpha value is -1.56. The molecule has 2 aliphatic rings. The number of amides is 1. The van der Waals surface area contributed by atoms with Crippen molar-refractivity contribution in [2.75, 3.05) is 23.4 Å². The van der Waals surface area contributed by atoms with Gasteiger partial charge in [-0.05, 0) is 49.3 Å². The van der Waals surface area contributed by atoms with Gasteiger partial charge in [0.2, 0.25) is 5.91 Å². The van der Waals surface area contributed by atoms with Gasteiger partial charge in [-0.15, -0.1) is 0 Å². The van der Waals surface area contributed by atoms with E-state index in [1.54, 1.807) is 0 Å². The Morgan fingerprint density at radius 2 is 2.05 bits per heavy atom. The van der Waals surface area contributed by atoms with Crippen molar-refractivity contribution in [3.05, 3.63) is 29.3 Å². The van der Waals surface area contributed by atoms with Crippen molar-refractivity contribution in [2.45, 2.75) is 38.1 Å². The summed E-state index contributed by atoms with van der Waals surface area (Å²) in [6.07, 6.45) is 5.11. The lowest BCUT2D eigenvalue weighted by molar-refractivity contribution is -0.119. The summed E-state index contributed by atoms with van der Waals surface area (Å²) in [5.41, 5.74) is 3.73. The fraction of sp³-hybridized carbons (Fsp3) is 0.562. The summed E-state index contributed by atoms with van der Waals surface area (Å²) in [6, 6.07) is 5.96. The predicted molar refractivity (Wildman–Crippen MR) is 86.8 cm³/mol. The largest absolute Gasteiger partial charge is 0.376 e. The molecule has 1 aromatic carbocycles. The zero-order chi connectivity index (χ0) is 15.6. The number of hydrogen-bond acceptors (Lipinski definition) is 4. The maximum absolute atomic E-state index is 12.0. The summed E-state index contributed by atoms with van der Waals surface area (Å²) < 4.78 is 22.8. The lowest BCUT2D eigenvalue weighted by Gasteiger charge is -2.20. The van der Waals surface area contributed by atoms with E-state index in [4.69, 9.17) is 0 Å². The van der Waals surface area contributed by atoms with E-state index in [-0.39, 0.29) is 30.0 Å². The van der Waals surface area contributed by atoms with Crippen molar-refractivity contribution < 1.29 is 13.2 Å². The quantitative estimate of drug-likeness (QED) is 0.876. The van der Waals surface area contributed by atoms with E-state index in [0.717, 1.165) is 18.5 Å². The van der Waals surface area contributed by atoms with Gasteiger partial charge in [0.05, 0.1) is 18.1 Å². The Morgan fingerprint density at radius 3 is 2.82 bits per heavy atom. The van der Waals surface area contributed by atoms with Crippen LogP contribution in [0.3, 0.4) is 0 Å². The molecule has 1 aromatic rings. The lowest BCUT2D eigenvalue weighted by Crippen LogP contribution is -2.39. The van der Waals surface area contributed by atoms with Gasteiger partial charge in [-0.2, -0.15) is 0 Å². The van der Waals surface area contributed by atoms with Crippen LogP contribution in [0.5, 0.6) is 0 Å². The van der Waals surface area contributed by atoms with E-state index in [1.165, 1.54) is 24.0 Å². The van der Waals surface area contributed by atoms with Crippen molar-refractivity contribution in [3.8, 4) is 0 Å². The van der Waals surface area contributed by atoms with E-state index in [1.807, 2.05) is 12.1 Å². The van der Waals surface area contributed by atoms with E-state index in [9.17, 15) is 13.2 Å². The number of carbonyl (C=O) groups is 1. The highest BCUT2D eigenvalue weighted by molar-refractivity contribution is 7.91. The van der Waals surface area contributed by atoms with Gasteiger partial charge in [-0.3, -0.25) is 4.79 Å². The highest BCUT2D eigenvalue weighted by Crippen LogP contribution is 2.27. The molecular weight excluding hydrogens is 300 g/mol. The monoisotopic (exact) mass is 322 g/mol. The average Bonchev–Trinajstić information content (AvgIpc) is 2.84. The first-order valence-corrected chi connectivity index (χ1v) is 9.70. The van der Waals surface area contributed by atoms with Gasteiger partial charge in [0.15, 0.2) is 9.84 Å². The second-order valence-electron chi connectivity index (χ2n) is 6.17. The maximum atomic E-state index is 12.0. The molecule has 1 fully saturated rings. The average molecular weight is 322 g/mol. The second kappa shape index (κ2) is 6.28. The summed E-state index contributed by atoms with van der Waals surface area (Å²) in [4.78, 5) is 12.0. The molecule has 0 aromatic heterocycles. The molecule has 6 heteroatoms. The van der Waals surface area contributed by atoms with Crippen molar-refractivity contribution in [2.24, 2.45) is 0 Å².